The molecule has 0 amide bonds. The van der Waals surface area contributed by atoms with Gasteiger partial charge >= 0.3 is 0 Å². The van der Waals surface area contributed by atoms with E-state index in [-0.39, 0.29) is 12.1 Å². The van der Waals surface area contributed by atoms with E-state index in [0.29, 0.717) is 11.6 Å². The summed E-state index contributed by atoms with van der Waals surface area (Å²) in [5, 5.41) is 12.9. The highest BCUT2D eigenvalue weighted by Crippen LogP contribution is 2.29. The summed E-state index contributed by atoms with van der Waals surface area (Å²) in [6, 6.07) is 1.77. The molecule has 2 rings (SSSR count). The monoisotopic (exact) mass is 252 g/mol. The van der Waals surface area contributed by atoms with Gasteiger partial charge in [-0.2, -0.15) is 0 Å². The third kappa shape index (κ3) is 2.65. The largest absolute Gasteiger partial charge is 0.494 e. The number of nitrogens with one attached hydrogen (secondary N) is 1. The Hall–Kier alpha value is -1.53. The van der Waals surface area contributed by atoms with Gasteiger partial charge in [0.1, 0.15) is 11.6 Å². The van der Waals surface area contributed by atoms with Crippen molar-refractivity contribution in [1.29, 1.82) is 0 Å². The van der Waals surface area contributed by atoms with Crippen LogP contribution in [0.25, 0.3) is 0 Å². The van der Waals surface area contributed by atoms with Gasteiger partial charge in [0.15, 0.2) is 0 Å². The summed E-state index contributed by atoms with van der Waals surface area (Å²) in [6.45, 7) is 4.19. The molecule has 0 aliphatic carbocycles. The van der Waals surface area contributed by atoms with Crippen LogP contribution in [-0.4, -0.2) is 49.0 Å². The topological polar surface area (TPSA) is 83.6 Å². The first-order valence-electron chi connectivity index (χ1n) is 6.07. The minimum atomic E-state index is -0.388. The number of rotatable bonds is 3. The van der Waals surface area contributed by atoms with Crippen LogP contribution in [0, 0.1) is 0 Å². The molecule has 2 atom stereocenters. The molecule has 0 aromatic carbocycles. The molecular formula is C12H20N4O2. The molecule has 1 aliphatic heterocycles. The van der Waals surface area contributed by atoms with E-state index < -0.39 is 0 Å². The zero-order valence-electron chi connectivity index (χ0n) is 10.8. The Morgan fingerprint density at radius 3 is 3.11 bits per heavy atom. The quantitative estimate of drug-likeness (QED) is 0.693. The summed E-state index contributed by atoms with van der Waals surface area (Å²) in [6.07, 6.45) is 1.33. The molecule has 0 bridgehead atoms. The van der Waals surface area contributed by atoms with Crippen molar-refractivity contribution in [3.8, 4) is 5.75 Å². The zero-order valence-corrected chi connectivity index (χ0v) is 10.8. The van der Waals surface area contributed by atoms with Gasteiger partial charge in [-0.15, -0.1) is 0 Å². The number of aromatic nitrogens is 1. The van der Waals surface area contributed by atoms with E-state index in [4.69, 9.17) is 10.5 Å². The first-order valence-corrected chi connectivity index (χ1v) is 6.07. The van der Waals surface area contributed by atoms with Crippen molar-refractivity contribution in [2.75, 3.05) is 37.4 Å². The number of nitrogens with two attached hydrogens (primary N) is 1. The number of hydrogen-bond acceptors (Lipinski definition) is 6. The van der Waals surface area contributed by atoms with Gasteiger partial charge in [0.25, 0.3) is 0 Å². The Balaban J connectivity index is 2.20. The highest BCUT2D eigenvalue weighted by molar-refractivity contribution is 5.60. The maximum Gasteiger partial charge on any atom is 0.147 e. The molecule has 6 nitrogen and oxygen atoms in total. The number of pyridine rings is 1. The van der Waals surface area contributed by atoms with Crippen molar-refractivity contribution in [3.63, 3.8) is 0 Å². The number of ether oxygens (including phenoxy) is 1. The summed E-state index contributed by atoms with van der Waals surface area (Å²) in [7, 11) is 1.62. The smallest absolute Gasteiger partial charge is 0.147 e. The first kappa shape index (κ1) is 12.9. The fourth-order valence-corrected chi connectivity index (χ4v) is 2.17. The van der Waals surface area contributed by atoms with Crippen LogP contribution in [0.3, 0.4) is 0 Å². The number of nitrogens with zero attached hydrogens (tertiary/aromatic N) is 2. The van der Waals surface area contributed by atoms with E-state index in [1.165, 1.54) is 0 Å². The Morgan fingerprint density at radius 2 is 2.44 bits per heavy atom. The third-order valence-corrected chi connectivity index (χ3v) is 3.22. The molecule has 1 aliphatic rings. The van der Waals surface area contributed by atoms with E-state index in [1.807, 2.05) is 0 Å². The van der Waals surface area contributed by atoms with E-state index in [9.17, 15) is 5.11 Å². The van der Waals surface area contributed by atoms with Crippen molar-refractivity contribution in [1.82, 2.24) is 10.3 Å². The van der Waals surface area contributed by atoms with Gasteiger partial charge in [-0.3, -0.25) is 0 Å². The number of aliphatic hydroxyl groups is 1. The van der Waals surface area contributed by atoms with Crippen LogP contribution < -0.4 is 20.7 Å². The highest BCUT2D eigenvalue weighted by Gasteiger charge is 2.24. The van der Waals surface area contributed by atoms with Crippen molar-refractivity contribution < 1.29 is 9.84 Å². The Morgan fingerprint density at radius 1 is 1.67 bits per heavy atom. The van der Waals surface area contributed by atoms with Crippen LogP contribution in [-0.2, 0) is 0 Å². The fourth-order valence-electron chi connectivity index (χ4n) is 2.17. The van der Waals surface area contributed by atoms with Crippen molar-refractivity contribution in [2.24, 2.45) is 0 Å². The lowest BCUT2D eigenvalue weighted by Gasteiger charge is -2.36. The first-order chi connectivity index (χ1) is 8.61. The molecule has 0 spiro atoms. The van der Waals surface area contributed by atoms with Crippen LogP contribution in [0.2, 0.25) is 0 Å². The SMILES string of the molecule is COc1cc(N)ncc1N1CCN[C@@H]([C@@H](C)O)C1. The van der Waals surface area contributed by atoms with Crippen LogP contribution in [0.5, 0.6) is 5.75 Å². The number of piperazine rings is 1. The molecule has 0 saturated carbocycles. The van der Waals surface area contributed by atoms with Crippen molar-refractivity contribution in [3.05, 3.63) is 12.3 Å². The molecule has 1 fully saturated rings. The zero-order chi connectivity index (χ0) is 13.1. The normalized spacial score (nSPS) is 21.7. The van der Waals surface area contributed by atoms with Gasteiger partial charge in [0.2, 0.25) is 0 Å². The van der Waals surface area contributed by atoms with E-state index in [1.54, 1.807) is 26.3 Å². The Labute approximate surface area is 107 Å². The van der Waals surface area contributed by atoms with Crippen LogP contribution in [0.4, 0.5) is 11.5 Å². The molecule has 18 heavy (non-hydrogen) atoms. The number of nitrogen functional groups attached to an aromatic ring is 1. The van der Waals surface area contributed by atoms with Gasteiger partial charge < -0.3 is 25.8 Å². The lowest BCUT2D eigenvalue weighted by molar-refractivity contribution is 0.141. The summed E-state index contributed by atoms with van der Waals surface area (Å²) in [5.41, 5.74) is 6.56. The number of methoxy groups -OCH3 is 1. The molecule has 2 heterocycles. The minimum absolute atomic E-state index is 0.0565. The van der Waals surface area contributed by atoms with Crippen LogP contribution in [0.1, 0.15) is 6.92 Å². The number of anilines is 2. The van der Waals surface area contributed by atoms with E-state index >= 15 is 0 Å². The average molecular weight is 252 g/mol. The molecule has 0 radical (unpaired) electrons. The fraction of sp³-hybridized carbons (Fsp3) is 0.583. The second-order valence-corrected chi connectivity index (χ2v) is 4.53. The molecule has 1 aromatic heterocycles. The summed E-state index contributed by atoms with van der Waals surface area (Å²) in [5.74, 6) is 1.16. The molecule has 0 unspecified atom stereocenters. The lowest BCUT2D eigenvalue weighted by atomic mass is 10.1. The van der Waals surface area contributed by atoms with E-state index in [0.717, 1.165) is 25.3 Å². The molecular weight excluding hydrogens is 232 g/mol. The van der Waals surface area contributed by atoms with Gasteiger partial charge in [0, 0.05) is 25.7 Å². The maximum atomic E-state index is 9.66. The summed E-state index contributed by atoms with van der Waals surface area (Å²) < 4.78 is 5.33. The molecule has 4 N–H and O–H groups in total. The van der Waals surface area contributed by atoms with Gasteiger partial charge in [-0.25, -0.2) is 4.98 Å². The maximum absolute atomic E-state index is 9.66. The third-order valence-electron chi connectivity index (χ3n) is 3.22. The second-order valence-electron chi connectivity index (χ2n) is 4.53. The van der Waals surface area contributed by atoms with Crippen molar-refractivity contribution >= 4 is 11.5 Å². The molecule has 6 heteroatoms. The average Bonchev–Trinajstić information content (AvgIpc) is 2.38. The molecule has 1 aromatic rings. The van der Waals surface area contributed by atoms with Crippen LogP contribution >= 0.6 is 0 Å². The molecule has 1 saturated heterocycles. The number of hydrogen-bond donors (Lipinski definition) is 3. The standard InChI is InChI=1S/C12H20N4O2/c1-8(17)9-7-16(4-3-14-9)10-6-15-12(13)5-11(10)18-2/h5-6,8-9,14,17H,3-4,7H2,1-2H3,(H2,13,15)/t8-,9-/m1/s1. The summed E-state index contributed by atoms with van der Waals surface area (Å²) in [4.78, 5) is 6.26. The lowest BCUT2D eigenvalue weighted by Crippen LogP contribution is -2.55. The number of aliphatic hydroxyl groups excluding tert-OH is 1. The Kier molecular flexibility index (Phi) is 3.88. The minimum Gasteiger partial charge on any atom is -0.494 e. The highest BCUT2D eigenvalue weighted by atomic mass is 16.5. The van der Waals surface area contributed by atoms with Crippen LogP contribution in [0.15, 0.2) is 12.3 Å². The predicted octanol–water partition coefficient (Wildman–Crippen LogP) is -0.169. The van der Waals surface area contributed by atoms with Crippen molar-refractivity contribution in [2.45, 2.75) is 19.1 Å². The van der Waals surface area contributed by atoms with Gasteiger partial charge in [-0.05, 0) is 6.92 Å². The van der Waals surface area contributed by atoms with Gasteiger partial charge in [0.05, 0.1) is 31.1 Å². The summed E-state index contributed by atoms with van der Waals surface area (Å²) >= 11 is 0. The van der Waals surface area contributed by atoms with Gasteiger partial charge in [-0.1, -0.05) is 0 Å². The second kappa shape index (κ2) is 5.41. The predicted molar refractivity (Wildman–Crippen MR) is 70.9 cm³/mol. The molecule has 100 valence electrons. The van der Waals surface area contributed by atoms with E-state index in [2.05, 4.69) is 15.2 Å². The Bertz CT molecular complexity index is 411.